The quantitative estimate of drug-likeness (QED) is 0.917. The number of rotatable bonds is 4. The van der Waals surface area contributed by atoms with Gasteiger partial charge in [-0.25, -0.2) is 0 Å². The maximum Gasteiger partial charge on any atom is 0.294 e. The standard InChI is InChI=1S/C14H18N2O3/c1-8-9(2)13(18-5)10(6-12(8)17-4)11-7-19-14(15-3)16-11/h6-7H,1-5H3,(H,15,16). The lowest BCUT2D eigenvalue weighted by molar-refractivity contribution is 0.399. The van der Waals surface area contributed by atoms with E-state index < -0.39 is 0 Å². The summed E-state index contributed by atoms with van der Waals surface area (Å²) >= 11 is 0. The summed E-state index contributed by atoms with van der Waals surface area (Å²) in [5.41, 5.74) is 3.65. The molecular weight excluding hydrogens is 244 g/mol. The Morgan fingerprint density at radius 1 is 1.16 bits per heavy atom. The van der Waals surface area contributed by atoms with Gasteiger partial charge in [-0.1, -0.05) is 0 Å². The van der Waals surface area contributed by atoms with Gasteiger partial charge in [0, 0.05) is 12.6 Å². The lowest BCUT2D eigenvalue weighted by Crippen LogP contribution is -1.98. The lowest BCUT2D eigenvalue weighted by atomic mass is 10.0. The number of hydrogen-bond donors (Lipinski definition) is 1. The van der Waals surface area contributed by atoms with Gasteiger partial charge in [0.25, 0.3) is 6.01 Å². The maximum absolute atomic E-state index is 5.50. The molecule has 0 fully saturated rings. The van der Waals surface area contributed by atoms with Crippen LogP contribution in [0.15, 0.2) is 16.7 Å². The number of aromatic nitrogens is 1. The predicted octanol–water partition coefficient (Wildman–Crippen LogP) is 3.02. The van der Waals surface area contributed by atoms with Crippen molar-refractivity contribution in [1.29, 1.82) is 0 Å². The van der Waals surface area contributed by atoms with Gasteiger partial charge in [-0.15, -0.1) is 0 Å². The van der Waals surface area contributed by atoms with E-state index in [1.807, 2.05) is 19.9 Å². The van der Waals surface area contributed by atoms with E-state index in [4.69, 9.17) is 13.9 Å². The van der Waals surface area contributed by atoms with Crippen LogP contribution in [-0.2, 0) is 0 Å². The Bertz CT molecular complexity index is 591. The highest BCUT2D eigenvalue weighted by molar-refractivity contribution is 5.73. The minimum Gasteiger partial charge on any atom is -0.496 e. The van der Waals surface area contributed by atoms with E-state index in [9.17, 15) is 0 Å². The predicted molar refractivity (Wildman–Crippen MR) is 74.1 cm³/mol. The molecule has 0 aliphatic rings. The van der Waals surface area contributed by atoms with Crippen molar-refractivity contribution in [2.24, 2.45) is 0 Å². The summed E-state index contributed by atoms with van der Waals surface area (Å²) < 4.78 is 16.2. The molecule has 0 bridgehead atoms. The number of oxazole rings is 1. The smallest absolute Gasteiger partial charge is 0.294 e. The van der Waals surface area contributed by atoms with Gasteiger partial charge in [-0.3, -0.25) is 0 Å². The van der Waals surface area contributed by atoms with Gasteiger partial charge in [-0.2, -0.15) is 4.98 Å². The molecule has 0 saturated heterocycles. The monoisotopic (exact) mass is 262 g/mol. The Kier molecular flexibility index (Phi) is 3.64. The molecule has 0 saturated carbocycles. The average Bonchev–Trinajstić information content (AvgIpc) is 2.90. The van der Waals surface area contributed by atoms with Crippen LogP contribution in [0.5, 0.6) is 11.5 Å². The highest BCUT2D eigenvalue weighted by Gasteiger charge is 2.17. The number of anilines is 1. The van der Waals surface area contributed by atoms with Gasteiger partial charge in [0.1, 0.15) is 23.5 Å². The fraction of sp³-hybridized carbons (Fsp3) is 0.357. The number of ether oxygens (including phenoxy) is 2. The first-order valence-corrected chi connectivity index (χ1v) is 5.98. The third-order valence-electron chi connectivity index (χ3n) is 3.21. The fourth-order valence-electron chi connectivity index (χ4n) is 2.04. The first-order chi connectivity index (χ1) is 9.12. The molecule has 2 aromatic rings. The van der Waals surface area contributed by atoms with Gasteiger partial charge in [-0.05, 0) is 31.0 Å². The molecule has 5 heteroatoms. The molecule has 0 radical (unpaired) electrons. The van der Waals surface area contributed by atoms with Gasteiger partial charge in [0.2, 0.25) is 0 Å². The number of methoxy groups -OCH3 is 2. The van der Waals surface area contributed by atoms with E-state index in [0.717, 1.165) is 28.2 Å². The summed E-state index contributed by atoms with van der Waals surface area (Å²) in [6, 6.07) is 2.38. The number of benzene rings is 1. The molecule has 1 aromatic carbocycles. The average molecular weight is 262 g/mol. The molecule has 0 aliphatic heterocycles. The van der Waals surface area contributed by atoms with Gasteiger partial charge < -0.3 is 19.2 Å². The van der Waals surface area contributed by atoms with E-state index in [1.165, 1.54) is 0 Å². The summed E-state index contributed by atoms with van der Waals surface area (Å²) in [6.07, 6.45) is 1.60. The molecule has 0 atom stereocenters. The molecule has 0 amide bonds. The minimum absolute atomic E-state index is 0.467. The Balaban J connectivity index is 2.64. The zero-order valence-corrected chi connectivity index (χ0v) is 11.8. The Morgan fingerprint density at radius 3 is 2.42 bits per heavy atom. The zero-order chi connectivity index (χ0) is 14.0. The molecule has 1 N–H and O–H groups in total. The van der Waals surface area contributed by atoms with Crippen molar-refractivity contribution >= 4 is 6.01 Å². The van der Waals surface area contributed by atoms with E-state index in [0.29, 0.717) is 11.7 Å². The topological polar surface area (TPSA) is 56.5 Å². The van der Waals surface area contributed by atoms with Gasteiger partial charge in [0.05, 0.1) is 14.2 Å². The van der Waals surface area contributed by atoms with Crippen molar-refractivity contribution in [3.05, 3.63) is 23.5 Å². The van der Waals surface area contributed by atoms with Crippen LogP contribution in [0, 0.1) is 13.8 Å². The number of hydrogen-bond acceptors (Lipinski definition) is 5. The Labute approximate surface area is 112 Å². The molecule has 0 aliphatic carbocycles. The van der Waals surface area contributed by atoms with Crippen LogP contribution in [0.3, 0.4) is 0 Å². The molecule has 5 nitrogen and oxygen atoms in total. The second-order valence-electron chi connectivity index (χ2n) is 4.20. The SMILES string of the molecule is CNc1nc(-c2cc(OC)c(C)c(C)c2OC)co1. The van der Waals surface area contributed by atoms with Gasteiger partial charge in [0.15, 0.2) is 0 Å². The summed E-state index contributed by atoms with van der Waals surface area (Å²) in [7, 11) is 5.06. The molecule has 0 spiro atoms. The normalized spacial score (nSPS) is 10.4. The summed E-state index contributed by atoms with van der Waals surface area (Å²) in [5, 5.41) is 2.86. The molecule has 102 valence electrons. The summed E-state index contributed by atoms with van der Waals surface area (Å²) in [4.78, 5) is 4.34. The Hall–Kier alpha value is -2.17. The zero-order valence-electron chi connectivity index (χ0n) is 11.8. The molecule has 0 unspecified atom stereocenters. The van der Waals surface area contributed by atoms with Crippen LogP contribution in [0.25, 0.3) is 11.3 Å². The third kappa shape index (κ3) is 2.23. The second-order valence-corrected chi connectivity index (χ2v) is 4.20. The maximum atomic E-state index is 5.50. The summed E-state index contributed by atoms with van der Waals surface area (Å²) in [6.45, 7) is 4.00. The highest BCUT2D eigenvalue weighted by atomic mass is 16.5. The first-order valence-electron chi connectivity index (χ1n) is 5.98. The molecule has 19 heavy (non-hydrogen) atoms. The summed E-state index contributed by atoms with van der Waals surface area (Å²) in [5.74, 6) is 1.59. The molecule has 2 rings (SSSR count). The van der Waals surface area contributed by atoms with E-state index in [2.05, 4.69) is 10.3 Å². The first kappa shape index (κ1) is 13.3. The van der Waals surface area contributed by atoms with Crippen LogP contribution >= 0.6 is 0 Å². The highest BCUT2D eigenvalue weighted by Crippen LogP contribution is 2.39. The van der Waals surface area contributed by atoms with Crippen molar-refractivity contribution in [2.75, 3.05) is 26.6 Å². The van der Waals surface area contributed by atoms with Crippen LogP contribution in [0.1, 0.15) is 11.1 Å². The van der Waals surface area contributed by atoms with Crippen molar-refractivity contribution in [3.8, 4) is 22.8 Å². The van der Waals surface area contributed by atoms with Crippen molar-refractivity contribution < 1.29 is 13.9 Å². The van der Waals surface area contributed by atoms with Gasteiger partial charge >= 0.3 is 0 Å². The minimum atomic E-state index is 0.467. The van der Waals surface area contributed by atoms with Crippen LogP contribution < -0.4 is 14.8 Å². The fourth-order valence-corrected chi connectivity index (χ4v) is 2.04. The lowest BCUT2D eigenvalue weighted by Gasteiger charge is -2.15. The molecular formula is C14H18N2O3. The molecule has 1 aromatic heterocycles. The number of nitrogens with one attached hydrogen (secondary N) is 1. The second kappa shape index (κ2) is 5.22. The van der Waals surface area contributed by atoms with Crippen molar-refractivity contribution in [2.45, 2.75) is 13.8 Å². The van der Waals surface area contributed by atoms with E-state index in [-0.39, 0.29) is 0 Å². The third-order valence-corrected chi connectivity index (χ3v) is 3.21. The van der Waals surface area contributed by atoms with Crippen LogP contribution in [0.4, 0.5) is 6.01 Å². The van der Waals surface area contributed by atoms with Crippen molar-refractivity contribution in [3.63, 3.8) is 0 Å². The van der Waals surface area contributed by atoms with E-state index in [1.54, 1.807) is 27.5 Å². The Morgan fingerprint density at radius 2 is 1.89 bits per heavy atom. The van der Waals surface area contributed by atoms with E-state index >= 15 is 0 Å². The van der Waals surface area contributed by atoms with Crippen molar-refractivity contribution in [1.82, 2.24) is 4.98 Å². The van der Waals surface area contributed by atoms with Crippen LogP contribution in [-0.4, -0.2) is 26.3 Å². The van der Waals surface area contributed by atoms with Crippen LogP contribution in [0.2, 0.25) is 0 Å². The largest absolute Gasteiger partial charge is 0.496 e. The molecule has 1 heterocycles. The number of nitrogens with zero attached hydrogens (tertiary/aromatic N) is 1.